The second kappa shape index (κ2) is 5.87. The van der Waals surface area contributed by atoms with Gasteiger partial charge in [0.05, 0.1) is 12.0 Å². The van der Waals surface area contributed by atoms with Crippen LogP contribution in [0.1, 0.15) is 39.0 Å². The van der Waals surface area contributed by atoms with Gasteiger partial charge in [-0.25, -0.2) is 0 Å². The van der Waals surface area contributed by atoms with Gasteiger partial charge >= 0.3 is 5.97 Å². The summed E-state index contributed by atoms with van der Waals surface area (Å²) in [6.07, 6.45) is 5.61. The molecule has 0 aromatic heterocycles. The third kappa shape index (κ3) is 3.11. The molecule has 0 bridgehead atoms. The Hall–Kier alpha value is -0.280. The highest BCUT2D eigenvalue weighted by Gasteiger charge is 2.44. The van der Waals surface area contributed by atoms with Gasteiger partial charge in [0.25, 0.3) is 0 Å². The van der Waals surface area contributed by atoms with Crippen LogP contribution in [0, 0.1) is 11.3 Å². The van der Waals surface area contributed by atoms with E-state index in [2.05, 4.69) is 5.32 Å². The van der Waals surface area contributed by atoms with E-state index in [4.69, 9.17) is 4.74 Å². The number of rotatable bonds is 4. The highest BCUT2D eigenvalue weighted by atomic mass is 35.5. The number of hydrogen-bond donors (Lipinski definition) is 1. The Labute approximate surface area is 104 Å². The quantitative estimate of drug-likeness (QED) is 0.774. The molecule has 3 nitrogen and oxygen atoms in total. The SMILES string of the molecule is CCOC(=O)C1(CC2CC2)CCNCC1.Cl. The fourth-order valence-corrected chi connectivity index (χ4v) is 2.56. The third-order valence-electron chi connectivity index (χ3n) is 3.65. The van der Waals surface area contributed by atoms with Crippen molar-refractivity contribution in [1.29, 1.82) is 0 Å². The summed E-state index contributed by atoms with van der Waals surface area (Å²) in [7, 11) is 0. The molecule has 1 saturated heterocycles. The van der Waals surface area contributed by atoms with Crippen LogP contribution in [0.5, 0.6) is 0 Å². The van der Waals surface area contributed by atoms with E-state index in [1.165, 1.54) is 12.8 Å². The lowest BCUT2D eigenvalue weighted by Gasteiger charge is -2.35. The lowest BCUT2D eigenvalue weighted by molar-refractivity contribution is -0.158. The van der Waals surface area contributed by atoms with Gasteiger partial charge in [-0.15, -0.1) is 12.4 Å². The van der Waals surface area contributed by atoms with Gasteiger partial charge in [0, 0.05) is 0 Å². The molecule has 1 aliphatic carbocycles. The van der Waals surface area contributed by atoms with E-state index in [1.807, 2.05) is 6.92 Å². The van der Waals surface area contributed by atoms with Gasteiger partial charge < -0.3 is 10.1 Å². The third-order valence-corrected chi connectivity index (χ3v) is 3.65. The molecule has 2 fully saturated rings. The van der Waals surface area contributed by atoms with Crippen molar-refractivity contribution >= 4 is 18.4 Å². The maximum atomic E-state index is 12.0. The van der Waals surface area contributed by atoms with Gasteiger partial charge in [-0.3, -0.25) is 4.79 Å². The van der Waals surface area contributed by atoms with E-state index in [0.29, 0.717) is 6.61 Å². The number of halogens is 1. The summed E-state index contributed by atoms with van der Waals surface area (Å²) in [5.41, 5.74) is -0.150. The van der Waals surface area contributed by atoms with Crippen LogP contribution in [0.15, 0.2) is 0 Å². The van der Waals surface area contributed by atoms with Crippen molar-refractivity contribution < 1.29 is 9.53 Å². The predicted molar refractivity (Wildman–Crippen MR) is 65.8 cm³/mol. The number of esters is 1. The lowest BCUT2D eigenvalue weighted by atomic mass is 9.75. The molecule has 1 saturated carbocycles. The molecule has 0 atom stereocenters. The summed E-state index contributed by atoms with van der Waals surface area (Å²) >= 11 is 0. The van der Waals surface area contributed by atoms with Crippen molar-refractivity contribution in [3.8, 4) is 0 Å². The average molecular weight is 248 g/mol. The minimum Gasteiger partial charge on any atom is -0.466 e. The summed E-state index contributed by atoms with van der Waals surface area (Å²) in [6.45, 7) is 4.33. The first-order valence-electron chi connectivity index (χ1n) is 6.15. The summed E-state index contributed by atoms with van der Waals surface area (Å²) in [5, 5.41) is 3.32. The number of carbonyl (C=O) groups excluding carboxylic acids is 1. The van der Waals surface area contributed by atoms with Gasteiger partial charge in [-0.05, 0) is 45.2 Å². The van der Waals surface area contributed by atoms with Crippen LogP contribution in [0.25, 0.3) is 0 Å². The smallest absolute Gasteiger partial charge is 0.312 e. The number of piperidine rings is 1. The van der Waals surface area contributed by atoms with Crippen molar-refractivity contribution in [3.05, 3.63) is 0 Å². The van der Waals surface area contributed by atoms with E-state index in [9.17, 15) is 4.79 Å². The first-order chi connectivity index (χ1) is 7.27. The van der Waals surface area contributed by atoms with Crippen LogP contribution in [-0.2, 0) is 9.53 Å². The van der Waals surface area contributed by atoms with E-state index in [-0.39, 0.29) is 23.8 Å². The topological polar surface area (TPSA) is 38.3 Å². The number of carbonyl (C=O) groups is 1. The predicted octanol–water partition coefficient (Wildman–Crippen LogP) is 2.14. The van der Waals surface area contributed by atoms with E-state index < -0.39 is 0 Å². The largest absolute Gasteiger partial charge is 0.466 e. The van der Waals surface area contributed by atoms with Gasteiger partial charge in [0.2, 0.25) is 0 Å². The average Bonchev–Trinajstić information content (AvgIpc) is 3.03. The molecule has 2 aliphatic rings. The standard InChI is InChI=1S/C12H21NO2.ClH/c1-2-15-11(14)12(9-10-3-4-10)5-7-13-8-6-12;/h10,13H,2-9H2,1H3;1H. The zero-order valence-electron chi connectivity index (χ0n) is 9.96. The molecule has 1 heterocycles. The fourth-order valence-electron chi connectivity index (χ4n) is 2.56. The molecule has 0 unspecified atom stereocenters. The Morgan fingerprint density at radius 1 is 1.38 bits per heavy atom. The van der Waals surface area contributed by atoms with Crippen molar-refractivity contribution in [1.82, 2.24) is 5.32 Å². The summed E-state index contributed by atoms with van der Waals surface area (Å²) in [4.78, 5) is 12.0. The Bertz CT molecular complexity index is 235. The van der Waals surface area contributed by atoms with Gasteiger partial charge in [-0.1, -0.05) is 12.8 Å². The molecule has 0 spiro atoms. The first kappa shape index (κ1) is 13.8. The minimum absolute atomic E-state index is 0. The highest BCUT2D eigenvalue weighted by Crippen LogP contribution is 2.45. The molecule has 2 rings (SSSR count). The normalized spacial score (nSPS) is 23.3. The molecule has 0 radical (unpaired) electrons. The highest BCUT2D eigenvalue weighted by molar-refractivity contribution is 5.85. The number of ether oxygens (including phenoxy) is 1. The molecule has 0 aromatic rings. The van der Waals surface area contributed by atoms with Crippen LogP contribution < -0.4 is 5.32 Å². The number of hydrogen-bond acceptors (Lipinski definition) is 3. The monoisotopic (exact) mass is 247 g/mol. The minimum atomic E-state index is -0.150. The molecule has 94 valence electrons. The molecule has 4 heteroatoms. The second-order valence-corrected chi connectivity index (χ2v) is 4.90. The van der Waals surface area contributed by atoms with Gasteiger partial charge in [0.15, 0.2) is 0 Å². The zero-order valence-corrected chi connectivity index (χ0v) is 10.8. The Kier molecular flexibility index (Phi) is 5.06. The van der Waals surface area contributed by atoms with Crippen LogP contribution in [-0.4, -0.2) is 25.7 Å². The van der Waals surface area contributed by atoms with E-state index in [1.54, 1.807) is 0 Å². The molecule has 0 amide bonds. The lowest BCUT2D eigenvalue weighted by Crippen LogP contribution is -2.43. The van der Waals surface area contributed by atoms with Crippen LogP contribution in [0.3, 0.4) is 0 Å². The molecular weight excluding hydrogens is 226 g/mol. The van der Waals surface area contributed by atoms with Crippen molar-refractivity contribution in [2.45, 2.75) is 39.0 Å². The summed E-state index contributed by atoms with van der Waals surface area (Å²) in [5.74, 6) is 0.853. The molecule has 1 aliphatic heterocycles. The molecule has 1 N–H and O–H groups in total. The fraction of sp³-hybridized carbons (Fsp3) is 0.917. The molecule has 16 heavy (non-hydrogen) atoms. The van der Waals surface area contributed by atoms with Crippen LogP contribution >= 0.6 is 12.4 Å². The van der Waals surface area contributed by atoms with Crippen molar-refractivity contribution in [2.75, 3.05) is 19.7 Å². The summed E-state index contributed by atoms with van der Waals surface area (Å²) < 4.78 is 5.25. The Morgan fingerprint density at radius 2 is 2.00 bits per heavy atom. The Morgan fingerprint density at radius 3 is 2.50 bits per heavy atom. The summed E-state index contributed by atoms with van der Waals surface area (Å²) in [6, 6.07) is 0. The molecular formula is C12H22ClNO2. The number of nitrogens with one attached hydrogen (secondary N) is 1. The van der Waals surface area contributed by atoms with Gasteiger partial charge in [0.1, 0.15) is 0 Å². The first-order valence-corrected chi connectivity index (χ1v) is 6.15. The second-order valence-electron chi connectivity index (χ2n) is 4.90. The van der Waals surface area contributed by atoms with Gasteiger partial charge in [-0.2, -0.15) is 0 Å². The van der Waals surface area contributed by atoms with Crippen molar-refractivity contribution in [3.63, 3.8) is 0 Å². The molecule has 0 aromatic carbocycles. The zero-order chi connectivity index (χ0) is 10.7. The van der Waals surface area contributed by atoms with Crippen molar-refractivity contribution in [2.24, 2.45) is 11.3 Å². The van der Waals surface area contributed by atoms with E-state index in [0.717, 1.165) is 38.3 Å². The Balaban J connectivity index is 0.00000128. The maximum Gasteiger partial charge on any atom is 0.312 e. The van der Waals surface area contributed by atoms with Crippen LogP contribution in [0.2, 0.25) is 0 Å². The van der Waals surface area contributed by atoms with E-state index >= 15 is 0 Å². The maximum absolute atomic E-state index is 12.0. The van der Waals surface area contributed by atoms with Crippen LogP contribution in [0.4, 0.5) is 0 Å².